The molecule has 2 heterocycles. The van der Waals surface area contributed by atoms with Crippen LogP contribution in [0.3, 0.4) is 0 Å². The standard InChI is InChI=1S/C32H47N7O2/c1-22(39(21-24-4-5-24)27-19-32(20-27)17-25(33)18-32)16-23-6-8-26(9-7-23)38-11-10-28(35-30(38)41)36-12-14-37(15-13-36)29(40)31(2,3)34/h6-11,22,24-25,27H,4-5,12-21,33-34H2,1-3H3. The minimum atomic E-state index is -0.880. The van der Waals surface area contributed by atoms with Gasteiger partial charge in [0.1, 0.15) is 5.82 Å². The molecular formula is C32H47N7O2. The third kappa shape index (κ3) is 6.08. The number of aromatic nitrogens is 2. The summed E-state index contributed by atoms with van der Waals surface area (Å²) < 4.78 is 1.60. The van der Waals surface area contributed by atoms with Gasteiger partial charge in [0.15, 0.2) is 0 Å². The predicted octanol–water partition coefficient (Wildman–Crippen LogP) is 2.53. The first-order valence-electron chi connectivity index (χ1n) is 15.5. The van der Waals surface area contributed by atoms with Crippen LogP contribution >= 0.6 is 0 Å². The van der Waals surface area contributed by atoms with Gasteiger partial charge in [-0.05, 0) is 101 Å². The summed E-state index contributed by atoms with van der Waals surface area (Å²) in [6.07, 6.45) is 10.7. The number of carbonyl (C=O) groups excluding carboxylic acids is 1. The highest BCUT2D eigenvalue weighted by Crippen LogP contribution is 2.57. The zero-order valence-corrected chi connectivity index (χ0v) is 25.0. The third-order valence-corrected chi connectivity index (χ3v) is 9.91. The molecule has 3 aliphatic carbocycles. The van der Waals surface area contributed by atoms with Crippen molar-refractivity contribution < 1.29 is 4.79 Å². The Morgan fingerprint density at radius 2 is 1.73 bits per heavy atom. The van der Waals surface area contributed by atoms with E-state index in [2.05, 4.69) is 33.8 Å². The highest BCUT2D eigenvalue weighted by molar-refractivity contribution is 5.85. The van der Waals surface area contributed by atoms with Crippen molar-refractivity contribution >= 4 is 11.7 Å². The maximum Gasteiger partial charge on any atom is 0.354 e. The number of nitrogens with two attached hydrogens (primary N) is 2. The quantitative estimate of drug-likeness (QED) is 0.484. The lowest BCUT2D eigenvalue weighted by Crippen LogP contribution is -2.61. The van der Waals surface area contributed by atoms with Gasteiger partial charge in [0, 0.05) is 57.0 Å². The monoisotopic (exact) mass is 561 g/mol. The van der Waals surface area contributed by atoms with E-state index in [1.165, 1.54) is 50.6 Å². The van der Waals surface area contributed by atoms with Crippen molar-refractivity contribution in [2.75, 3.05) is 37.6 Å². The Morgan fingerprint density at radius 3 is 2.29 bits per heavy atom. The Bertz CT molecular complexity index is 1290. The van der Waals surface area contributed by atoms with Gasteiger partial charge in [-0.2, -0.15) is 4.98 Å². The maximum atomic E-state index is 13.0. The molecule has 1 unspecified atom stereocenters. The lowest BCUT2D eigenvalue weighted by Gasteiger charge is -2.60. The molecule has 6 rings (SSSR count). The SMILES string of the molecule is CC(Cc1ccc(-n2ccc(N3CCN(C(=O)C(C)(C)N)CC3)nc2=O)cc1)N(CC1CC1)C1CC2(CC(N)C2)C1. The molecule has 1 saturated heterocycles. The summed E-state index contributed by atoms with van der Waals surface area (Å²) in [4.78, 5) is 36.5. The van der Waals surface area contributed by atoms with E-state index in [1.54, 1.807) is 29.5 Å². The van der Waals surface area contributed by atoms with Crippen LogP contribution in [0.25, 0.3) is 5.69 Å². The first-order chi connectivity index (χ1) is 19.5. The van der Waals surface area contributed by atoms with E-state index < -0.39 is 5.54 Å². The van der Waals surface area contributed by atoms with Crippen molar-refractivity contribution in [3.05, 3.63) is 52.6 Å². The fourth-order valence-corrected chi connectivity index (χ4v) is 7.41. The first-order valence-corrected chi connectivity index (χ1v) is 15.5. The van der Waals surface area contributed by atoms with Crippen molar-refractivity contribution in [1.82, 2.24) is 19.4 Å². The van der Waals surface area contributed by atoms with E-state index >= 15 is 0 Å². The summed E-state index contributed by atoms with van der Waals surface area (Å²) in [6.45, 7) is 9.46. The normalized spacial score (nSPS) is 27.1. The van der Waals surface area contributed by atoms with Crippen LogP contribution in [0, 0.1) is 11.3 Å². The largest absolute Gasteiger partial charge is 0.354 e. The molecule has 1 spiro atoms. The lowest BCUT2D eigenvalue weighted by atomic mass is 9.52. The molecule has 4 fully saturated rings. The second-order valence-electron chi connectivity index (χ2n) is 14.0. The molecule has 1 aromatic carbocycles. The topological polar surface area (TPSA) is 114 Å². The summed E-state index contributed by atoms with van der Waals surface area (Å²) >= 11 is 0. The zero-order chi connectivity index (χ0) is 28.9. The molecule has 41 heavy (non-hydrogen) atoms. The Balaban J connectivity index is 1.06. The predicted molar refractivity (Wildman–Crippen MR) is 162 cm³/mol. The van der Waals surface area contributed by atoms with Crippen LogP contribution in [-0.4, -0.2) is 81.6 Å². The van der Waals surface area contributed by atoms with Crippen LogP contribution in [0.2, 0.25) is 0 Å². The second kappa shape index (κ2) is 10.8. The molecule has 3 saturated carbocycles. The van der Waals surface area contributed by atoms with Gasteiger partial charge >= 0.3 is 5.69 Å². The number of piperazine rings is 1. The molecule has 2 aromatic rings. The molecule has 4 N–H and O–H groups in total. The summed E-state index contributed by atoms with van der Waals surface area (Å²) in [7, 11) is 0. The van der Waals surface area contributed by atoms with Gasteiger partial charge in [-0.25, -0.2) is 4.79 Å². The average molecular weight is 562 g/mol. The average Bonchev–Trinajstić information content (AvgIpc) is 3.73. The van der Waals surface area contributed by atoms with E-state index in [0.29, 0.717) is 55.5 Å². The molecule has 1 amide bonds. The Morgan fingerprint density at radius 1 is 1.07 bits per heavy atom. The fraction of sp³-hybridized carbons (Fsp3) is 0.656. The first kappa shape index (κ1) is 28.4. The molecule has 1 aromatic heterocycles. The zero-order valence-electron chi connectivity index (χ0n) is 25.0. The fourth-order valence-electron chi connectivity index (χ4n) is 7.41. The highest BCUT2D eigenvalue weighted by Gasteiger charge is 2.53. The summed E-state index contributed by atoms with van der Waals surface area (Å²) in [5.41, 5.74) is 13.6. The van der Waals surface area contributed by atoms with Crippen molar-refractivity contribution in [1.29, 1.82) is 0 Å². The van der Waals surface area contributed by atoms with Crippen molar-refractivity contribution in [2.45, 2.75) is 89.4 Å². The number of amides is 1. The number of hydrogen-bond acceptors (Lipinski definition) is 7. The van der Waals surface area contributed by atoms with Crippen molar-refractivity contribution in [2.24, 2.45) is 22.8 Å². The van der Waals surface area contributed by atoms with Gasteiger partial charge in [-0.15, -0.1) is 0 Å². The summed E-state index contributed by atoms with van der Waals surface area (Å²) in [5.74, 6) is 1.48. The molecule has 1 aliphatic heterocycles. The summed E-state index contributed by atoms with van der Waals surface area (Å²) in [5, 5.41) is 0. The smallest absolute Gasteiger partial charge is 0.353 e. The van der Waals surface area contributed by atoms with Crippen molar-refractivity contribution in [3.8, 4) is 5.69 Å². The molecule has 1 atom stereocenters. The van der Waals surface area contributed by atoms with Gasteiger partial charge in [0.2, 0.25) is 5.91 Å². The second-order valence-corrected chi connectivity index (χ2v) is 14.0. The Hall–Kier alpha value is -2.75. The van der Waals surface area contributed by atoms with E-state index in [0.717, 1.165) is 18.0 Å². The van der Waals surface area contributed by atoms with Crippen LogP contribution in [0.5, 0.6) is 0 Å². The molecule has 0 bridgehead atoms. The van der Waals surface area contributed by atoms with Crippen LogP contribution in [-0.2, 0) is 11.2 Å². The molecule has 222 valence electrons. The lowest BCUT2D eigenvalue weighted by molar-refractivity contribution is -0.136. The van der Waals surface area contributed by atoms with Gasteiger partial charge in [0.25, 0.3) is 0 Å². The van der Waals surface area contributed by atoms with E-state index in [1.807, 2.05) is 18.2 Å². The van der Waals surface area contributed by atoms with E-state index in [-0.39, 0.29) is 11.6 Å². The Kier molecular flexibility index (Phi) is 7.49. The highest BCUT2D eigenvalue weighted by atomic mass is 16.2. The Labute approximate surface area is 243 Å². The molecular weight excluding hydrogens is 514 g/mol. The minimum Gasteiger partial charge on any atom is -0.353 e. The van der Waals surface area contributed by atoms with Gasteiger partial charge in [0.05, 0.1) is 11.2 Å². The molecule has 4 aliphatic rings. The van der Waals surface area contributed by atoms with Crippen LogP contribution in [0.15, 0.2) is 41.3 Å². The summed E-state index contributed by atoms with van der Waals surface area (Å²) in [6, 6.07) is 11.9. The van der Waals surface area contributed by atoms with Crippen LogP contribution < -0.4 is 22.1 Å². The molecule has 9 nitrogen and oxygen atoms in total. The van der Waals surface area contributed by atoms with Gasteiger partial charge in [-0.3, -0.25) is 14.3 Å². The number of nitrogens with zero attached hydrogens (tertiary/aromatic N) is 5. The number of anilines is 1. The third-order valence-electron chi connectivity index (χ3n) is 9.91. The number of carbonyl (C=O) groups is 1. The molecule has 9 heteroatoms. The molecule has 0 radical (unpaired) electrons. The van der Waals surface area contributed by atoms with Gasteiger partial charge < -0.3 is 21.3 Å². The number of hydrogen-bond donors (Lipinski definition) is 2. The maximum absolute atomic E-state index is 13.0. The van der Waals surface area contributed by atoms with Gasteiger partial charge in [-0.1, -0.05) is 12.1 Å². The number of benzene rings is 1. The van der Waals surface area contributed by atoms with E-state index in [9.17, 15) is 9.59 Å². The van der Waals surface area contributed by atoms with E-state index in [4.69, 9.17) is 11.5 Å². The van der Waals surface area contributed by atoms with Crippen molar-refractivity contribution in [3.63, 3.8) is 0 Å². The van der Waals surface area contributed by atoms with Crippen LogP contribution in [0.4, 0.5) is 5.82 Å². The minimum absolute atomic E-state index is 0.0516. The van der Waals surface area contributed by atoms with Crippen LogP contribution in [0.1, 0.15) is 64.9 Å². The number of rotatable bonds is 9.